The lowest BCUT2D eigenvalue weighted by Gasteiger charge is -2.22. The van der Waals surface area contributed by atoms with Crippen molar-refractivity contribution in [2.45, 2.75) is 13.5 Å². The predicted molar refractivity (Wildman–Crippen MR) is 111 cm³/mol. The molecule has 146 valence electrons. The van der Waals surface area contributed by atoms with Gasteiger partial charge in [-0.05, 0) is 12.5 Å². The molecule has 0 aliphatic rings. The van der Waals surface area contributed by atoms with Crippen LogP contribution < -0.4 is 19.7 Å². The lowest BCUT2D eigenvalue weighted by molar-refractivity contribution is 0.405. The Kier molecular flexibility index (Phi) is 6.49. The zero-order chi connectivity index (χ0) is 19.9. The van der Waals surface area contributed by atoms with Gasteiger partial charge in [0.15, 0.2) is 5.82 Å². The molecule has 0 amide bonds. The van der Waals surface area contributed by atoms with E-state index < -0.39 is 0 Å². The summed E-state index contributed by atoms with van der Waals surface area (Å²) in [7, 11) is 3.12. The van der Waals surface area contributed by atoms with Crippen molar-refractivity contribution >= 4 is 29.1 Å². The van der Waals surface area contributed by atoms with Gasteiger partial charge in [-0.2, -0.15) is 10.1 Å². The predicted octanol–water partition coefficient (Wildman–Crippen LogP) is 4.31. The maximum absolute atomic E-state index is 6.16. The first-order chi connectivity index (χ1) is 13.6. The van der Waals surface area contributed by atoms with Crippen molar-refractivity contribution in [2.24, 2.45) is 0 Å². The van der Waals surface area contributed by atoms with Gasteiger partial charge in [-0.1, -0.05) is 41.9 Å². The Balaban J connectivity index is 1.85. The van der Waals surface area contributed by atoms with Crippen LogP contribution in [-0.2, 0) is 6.54 Å². The van der Waals surface area contributed by atoms with Gasteiger partial charge in [0.05, 0.1) is 31.1 Å². The molecule has 0 aliphatic carbocycles. The number of rotatable bonds is 8. The SMILES string of the molecule is CCN(Cc1ccccc1)c1cnnc(Nc2cc(OC)c(Cl)cc2OC)n1. The van der Waals surface area contributed by atoms with E-state index >= 15 is 0 Å². The molecular formula is C20H22ClN5O2. The van der Waals surface area contributed by atoms with E-state index in [9.17, 15) is 0 Å². The molecule has 1 heterocycles. The summed E-state index contributed by atoms with van der Waals surface area (Å²) in [5, 5.41) is 11.8. The van der Waals surface area contributed by atoms with Crippen molar-refractivity contribution < 1.29 is 9.47 Å². The zero-order valence-corrected chi connectivity index (χ0v) is 16.8. The van der Waals surface area contributed by atoms with Crippen LogP contribution in [0.5, 0.6) is 11.5 Å². The van der Waals surface area contributed by atoms with E-state index in [1.165, 1.54) is 5.56 Å². The Bertz CT molecular complexity index is 924. The van der Waals surface area contributed by atoms with Crippen LogP contribution in [0.25, 0.3) is 0 Å². The van der Waals surface area contributed by atoms with Gasteiger partial charge in [0.2, 0.25) is 5.95 Å². The van der Waals surface area contributed by atoms with Gasteiger partial charge >= 0.3 is 0 Å². The van der Waals surface area contributed by atoms with Crippen LogP contribution in [0.2, 0.25) is 5.02 Å². The lowest BCUT2D eigenvalue weighted by Crippen LogP contribution is -2.23. The fraction of sp³-hybridized carbons (Fsp3) is 0.250. The molecule has 2 aromatic carbocycles. The van der Waals surface area contributed by atoms with Crippen LogP contribution in [0.15, 0.2) is 48.7 Å². The maximum Gasteiger partial charge on any atom is 0.249 e. The van der Waals surface area contributed by atoms with E-state index in [2.05, 4.69) is 44.5 Å². The maximum atomic E-state index is 6.16. The largest absolute Gasteiger partial charge is 0.495 e. The summed E-state index contributed by atoms with van der Waals surface area (Å²) in [5.74, 6) is 2.15. The van der Waals surface area contributed by atoms with Crippen molar-refractivity contribution in [3.63, 3.8) is 0 Å². The standard InChI is InChI=1S/C20H22ClN5O2/c1-4-26(13-14-8-6-5-7-9-14)19-12-22-25-20(24-19)23-16-11-17(27-2)15(21)10-18(16)28-3/h5-12H,4,13H2,1-3H3,(H,23,24,25). The first kappa shape index (κ1) is 19.7. The van der Waals surface area contributed by atoms with Crippen LogP contribution in [-0.4, -0.2) is 35.9 Å². The Morgan fingerprint density at radius 3 is 2.50 bits per heavy atom. The molecular weight excluding hydrogens is 378 g/mol. The van der Waals surface area contributed by atoms with Gasteiger partial charge < -0.3 is 19.7 Å². The number of benzene rings is 2. The molecule has 3 rings (SSSR count). The summed E-state index contributed by atoms with van der Waals surface area (Å²) in [5.41, 5.74) is 1.83. The number of ether oxygens (including phenoxy) is 2. The van der Waals surface area contributed by atoms with Gasteiger partial charge in [0, 0.05) is 25.2 Å². The number of methoxy groups -OCH3 is 2. The van der Waals surface area contributed by atoms with Gasteiger partial charge in [0.1, 0.15) is 11.5 Å². The minimum absolute atomic E-state index is 0.353. The highest BCUT2D eigenvalue weighted by molar-refractivity contribution is 6.32. The van der Waals surface area contributed by atoms with Crippen LogP contribution in [0.3, 0.4) is 0 Å². The molecule has 0 fully saturated rings. The number of nitrogens with one attached hydrogen (secondary N) is 1. The molecule has 0 radical (unpaired) electrons. The van der Waals surface area contributed by atoms with E-state index in [1.54, 1.807) is 32.5 Å². The quantitative estimate of drug-likeness (QED) is 0.604. The average molecular weight is 400 g/mol. The average Bonchev–Trinajstić information content (AvgIpc) is 2.73. The summed E-state index contributed by atoms with van der Waals surface area (Å²) < 4.78 is 10.7. The van der Waals surface area contributed by atoms with Crippen molar-refractivity contribution in [1.82, 2.24) is 15.2 Å². The molecule has 0 spiro atoms. The topological polar surface area (TPSA) is 72.4 Å². The normalized spacial score (nSPS) is 10.4. The molecule has 0 bridgehead atoms. The highest BCUT2D eigenvalue weighted by atomic mass is 35.5. The van der Waals surface area contributed by atoms with Crippen LogP contribution in [0.4, 0.5) is 17.5 Å². The third-order valence-electron chi connectivity index (χ3n) is 4.19. The number of nitrogens with zero attached hydrogens (tertiary/aromatic N) is 4. The van der Waals surface area contributed by atoms with Crippen molar-refractivity contribution in [2.75, 3.05) is 31.0 Å². The van der Waals surface area contributed by atoms with Crippen molar-refractivity contribution in [3.05, 3.63) is 59.2 Å². The first-order valence-electron chi connectivity index (χ1n) is 8.81. The number of halogens is 1. The summed E-state index contributed by atoms with van der Waals surface area (Å²) in [6.07, 6.45) is 1.65. The lowest BCUT2D eigenvalue weighted by atomic mass is 10.2. The number of hydrogen-bond donors (Lipinski definition) is 1. The zero-order valence-electron chi connectivity index (χ0n) is 16.0. The monoisotopic (exact) mass is 399 g/mol. The Labute approximate surface area is 169 Å². The molecule has 1 N–H and O–H groups in total. The van der Waals surface area contributed by atoms with E-state index in [-0.39, 0.29) is 0 Å². The Hall–Kier alpha value is -3.06. The van der Waals surface area contributed by atoms with Gasteiger partial charge in [0.25, 0.3) is 0 Å². The molecule has 0 atom stereocenters. The molecule has 8 heteroatoms. The summed E-state index contributed by atoms with van der Waals surface area (Å²) >= 11 is 6.16. The second-order valence-electron chi connectivity index (χ2n) is 5.95. The van der Waals surface area contributed by atoms with Crippen molar-refractivity contribution in [1.29, 1.82) is 0 Å². The highest BCUT2D eigenvalue weighted by Gasteiger charge is 2.13. The Morgan fingerprint density at radius 2 is 1.82 bits per heavy atom. The molecule has 0 saturated heterocycles. The van der Waals surface area contributed by atoms with Crippen LogP contribution in [0, 0.1) is 0 Å². The summed E-state index contributed by atoms with van der Waals surface area (Å²) in [6.45, 7) is 3.59. The smallest absolute Gasteiger partial charge is 0.249 e. The molecule has 0 unspecified atom stereocenters. The molecule has 1 aromatic heterocycles. The molecule has 0 aliphatic heterocycles. The minimum atomic E-state index is 0.353. The first-order valence-corrected chi connectivity index (χ1v) is 9.19. The summed E-state index contributed by atoms with van der Waals surface area (Å²) in [6, 6.07) is 13.6. The van der Waals surface area contributed by atoms with E-state index in [0.717, 1.165) is 18.9 Å². The van der Waals surface area contributed by atoms with E-state index in [0.29, 0.717) is 28.2 Å². The molecule has 7 nitrogen and oxygen atoms in total. The second-order valence-corrected chi connectivity index (χ2v) is 6.36. The number of aromatic nitrogens is 3. The van der Waals surface area contributed by atoms with Crippen molar-refractivity contribution in [3.8, 4) is 11.5 Å². The number of hydrogen-bond acceptors (Lipinski definition) is 7. The highest BCUT2D eigenvalue weighted by Crippen LogP contribution is 2.36. The molecule has 3 aromatic rings. The third-order valence-corrected chi connectivity index (χ3v) is 4.48. The third kappa shape index (κ3) is 4.61. The molecule has 28 heavy (non-hydrogen) atoms. The van der Waals surface area contributed by atoms with Crippen LogP contribution >= 0.6 is 11.6 Å². The number of anilines is 3. The summed E-state index contributed by atoms with van der Waals surface area (Å²) in [4.78, 5) is 6.72. The fourth-order valence-corrected chi connectivity index (χ4v) is 2.97. The fourth-order valence-electron chi connectivity index (χ4n) is 2.74. The van der Waals surface area contributed by atoms with Gasteiger partial charge in [-0.25, -0.2) is 0 Å². The van der Waals surface area contributed by atoms with E-state index in [4.69, 9.17) is 21.1 Å². The van der Waals surface area contributed by atoms with E-state index in [1.807, 2.05) is 18.2 Å². The van der Waals surface area contributed by atoms with Crippen LogP contribution in [0.1, 0.15) is 12.5 Å². The van der Waals surface area contributed by atoms with Gasteiger partial charge in [-0.3, -0.25) is 0 Å². The second kappa shape index (κ2) is 9.23. The minimum Gasteiger partial charge on any atom is -0.495 e. The van der Waals surface area contributed by atoms with Gasteiger partial charge in [-0.15, -0.1) is 5.10 Å². The Morgan fingerprint density at radius 1 is 1.07 bits per heavy atom. The molecule has 0 saturated carbocycles.